The van der Waals surface area contributed by atoms with Crippen LogP contribution in [0.3, 0.4) is 0 Å². The maximum atomic E-state index is 10.6. The summed E-state index contributed by atoms with van der Waals surface area (Å²) in [6.07, 6.45) is 2.65. The first-order chi connectivity index (χ1) is 11.5. The number of nitrogen functional groups attached to an aromatic ring is 1. The number of aromatic nitrogens is 1. The lowest BCUT2D eigenvalue weighted by Gasteiger charge is -2.16. The summed E-state index contributed by atoms with van der Waals surface area (Å²) in [6.45, 7) is 2.86. The third-order valence-corrected chi connectivity index (χ3v) is 4.40. The minimum absolute atomic E-state index is 0.0787. The van der Waals surface area contributed by atoms with E-state index in [4.69, 9.17) is 15.6 Å². The number of hydrogen-bond acceptors (Lipinski definition) is 4. The molecule has 0 spiro atoms. The number of carboxylic acid groups (broad SMARTS) is 1. The topological polar surface area (TPSA) is 97.5 Å². The maximum absolute atomic E-state index is 10.6. The van der Waals surface area contributed by atoms with Crippen molar-refractivity contribution in [2.24, 2.45) is 5.41 Å². The monoisotopic (exact) mass is 327 g/mol. The quantitative estimate of drug-likeness (QED) is 0.708. The number of nitrogens with one attached hydrogen (secondary N) is 1. The molecule has 1 aliphatic rings. The number of carbonyl (C=O) groups is 1. The molecule has 0 radical (unpaired) electrons. The first-order valence-corrected chi connectivity index (χ1v) is 7.90. The van der Waals surface area contributed by atoms with Crippen molar-refractivity contribution in [1.82, 2.24) is 10.3 Å². The van der Waals surface area contributed by atoms with Gasteiger partial charge in [0, 0.05) is 28.9 Å². The minimum atomic E-state index is -0.996. The summed E-state index contributed by atoms with van der Waals surface area (Å²) in [5, 5.41) is 11.2. The fourth-order valence-corrected chi connectivity index (χ4v) is 2.60. The van der Waals surface area contributed by atoms with Gasteiger partial charge < -0.3 is 20.9 Å². The summed E-state index contributed by atoms with van der Waals surface area (Å²) in [5.41, 5.74) is 9.33. The lowest BCUT2D eigenvalue weighted by atomic mass is 10.0. The molecule has 1 aromatic heterocycles. The summed E-state index contributed by atoms with van der Waals surface area (Å²) in [4.78, 5) is 15.0. The molecule has 6 heteroatoms. The molecule has 4 N–H and O–H groups in total. The molecule has 6 nitrogen and oxygen atoms in total. The summed E-state index contributed by atoms with van der Waals surface area (Å²) in [6, 6.07) is 9.61. The Labute approximate surface area is 140 Å². The second kappa shape index (κ2) is 6.39. The predicted molar refractivity (Wildman–Crippen MR) is 92.0 cm³/mol. The smallest absolute Gasteiger partial charge is 0.404 e. The molecular weight excluding hydrogens is 306 g/mol. The Kier molecular flexibility index (Phi) is 4.29. The molecule has 1 aliphatic carbocycles. The normalized spacial score (nSPS) is 14.9. The molecule has 2 aromatic rings. The average Bonchev–Trinajstić information content (AvgIpc) is 3.34. The Bertz CT molecular complexity index is 740. The van der Waals surface area contributed by atoms with Crippen molar-refractivity contribution in [3.05, 3.63) is 42.2 Å². The molecular formula is C18H21N3O3. The molecule has 0 unspecified atom stereocenters. The van der Waals surface area contributed by atoms with Gasteiger partial charge in [0.2, 0.25) is 0 Å². The number of hydrogen-bond donors (Lipinski definition) is 3. The zero-order valence-corrected chi connectivity index (χ0v) is 13.6. The van der Waals surface area contributed by atoms with Gasteiger partial charge in [-0.2, -0.15) is 0 Å². The number of benzene rings is 1. The van der Waals surface area contributed by atoms with Crippen LogP contribution in [0.25, 0.3) is 11.1 Å². The third kappa shape index (κ3) is 3.76. The van der Waals surface area contributed by atoms with Crippen molar-refractivity contribution in [1.29, 1.82) is 0 Å². The summed E-state index contributed by atoms with van der Waals surface area (Å²) < 4.78 is 5.89. The van der Waals surface area contributed by atoms with Gasteiger partial charge in [-0.25, -0.2) is 4.79 Å². The number of anilines is 1. The van der Waals surface area contributed by atoms with Crippen molar-refractivity contribution >= 4 is 11.8 Å². The number of aryl methyl sites for hydroxylation is 1. The van der Waals surface area contributed by atoms with Crippen LogP contribution in [0.1, 0.15) is 18.5 Å². The number of rotatable bonds is 6. The first-order valence-electron chi connectivity index (χ1n) is 7.90. The van der Waals surface area contributed by atoms with E-state index in [-0.39, 0.29) is 5.41 Å². The number of amides is 1. The summed E-state index contributed by atoms with van der Waals surface area (Å²) in [7, 11) is 0. The highest BCUT2D eigenvalue weighted by Gasteiger charge is 2.43. The number of nitrogens with zero attached hydrogens (tertiary/aromatic N) is 1. The van der Waals surface area contributed by atoms with Crippen LogP contribution < -0.4 is 15.8 Å². The van der Waals surface area contributed by atoms with E-state index in [1.165, 1.54) is 0 Å². The highest BCUT2D eigenvalue weighted by molar-refractivity contribution is 5.68. The van der Waals surface area contributed by atoms with Crippen LogP contribution >= 0.6 is 0 Å². The van der Waals surface area contributed by atoms with Gasteiger partial charge in [0.05, 0.1) is 12.8 Å². The van der Waals surface area contributed by atoms with E-state index in [1.54, 1.807) is 6.20 Å². The largest absolute Gasteiger partial charge is 0.491 e. The number of pyridine rings is 1. The van der Waals surface area contributed by atoms with Crippen LogP contribution in [0.4, 0.5) is 10.5 Å². The van der Waals surface area contributed by atoms with E-state index in [2.05, 4.69) is 10.3 Å². The Morgan fingerprint density at radius 3 is 2.71 bits per heavy atom. The molecule has 1 saturated carbocycles. The van der Waals surface area contributed by atoms with Crippen LogP contribution in [0.5, 0.6) is 5.75 Å². The van der Waals surface area contributed by atoms with Gasteiger partial charge in [-0.15, -0.1) is 0 Å². The van der Waals surface area contributed by atoms with Crippen LogP contribution in [0.15, 0.2) is 36.5 Å². The van der Waals surface area contributed by atoms with E-state index in [0.717, 1.165) is 35.3 Å². The molecule has 0 atom stereocenters. The van der Waals surface area contributed by atoms with E-state index >= 15 is 0 Å². The van der Waals surface area contributed by atoms with E-state index < -0.39 is 6.09 Å². The van der Waals surface area contributed by atoms with E-state index in [9.17, 15) is 4.79 Å². The maximum Gasteiger partial charge on any atom is 0.404 e. The molecule has 1 amide bonds. The number of ether oxygens (including phenoxy) is 1. The van der Waals surface area contributed by atoms with Crippen molar-refractivity contribution in [2.75, 3.05) is 18.9 Å². The predicted octanol–water partition coefficient (Wildman–Crippen LogP) is 3.07. The standard InChI is InChI=1S/C18H21N3O3/c1-12-16(13-2-4-14(19)5-3-13)8-15(9-20-12)24-11-18(6-7-18)10-21-17(22)23/h2-5,8-9,21H,6-7,10-11,19H2,1H3,(H,22,23). The molecule has 0 aliphatic heterocycles. The van der Waals surface area contributed by atoms with Gasteiger partial charge in [0.1, 0.15) is 5.75 Å². The minimum Gasteiger partial charge on any atom is -0.491 e. The lowest BCUT2D eigenvalue weighted by molar-refractivity contribution is 0.184. The Morgan fingerprint density at radius 2 is 2.08 bits per heavy atom. The zero-order chi connectivity index (χ0) is 17.2. The molecule has 0 bridgehead atoms. The van der Waals surface area contributed by atoms with Crippen molar-refractivity contribution in [3.63, 3.8) is 0 Å². The zero-order valence-electron chi connectivity index (χ0n) is 13.6. The van der Waals surface area contributed by atoms with Gasteiger partial charge >= 0.3 is 6.09 Å². The lowest BCUT2D eigenvalue weighted by Crippen LogP contribution is -2.31. The van der Waals surface area contributed by atoms with E-state index in [0.29, 0.717) is 18.9 Å². The molecule has 126 valence electrons. The van der Waals surface area contributed by atoms with Crippen LogP contribution in [0, 0.1) is 12.3 Å². The van der Waals surface area contributed by atoms with Gasteiger partial charge in [-0.3, -0.25) is 4.98 Å². The Hall–Kier alpha value is -2.76. The molecule has 1 fully saturated rings. The second-order valence-electron chi connectivity index (χ2n) is 6.37. The molecule has 24 heavy (non-hydrogen) atoms. The fourth-order valence-electron chi connectivity index (χ4n) is 2.60. The SMILES string of the molecule is Cc1ncc(OCC2(CNC(=O)O)CC2)cc1-c1ccc(N)cc1. The highest BCUT2D eigenvalue weighted by Crippen LogP contribution is 2.45. The molecule has 1 heterocycles. The van der Waals surface area contributed by atoms with Crippen molar-refractivity contribution in [2.45, 2.75) is 19.8 Å². The van der Waals surface area contributed by atoms with Crippen LogP contribution in [-0.2, 0) is 0 Å². The molecule has 3 rings (SSSR count). The average molecular weight is 327 g/mol. The summed E-state index contributed by atoms with van der Waals surface area (Å²) >= 11 is 0. The van der Waals surface area contributed by atoms with Gasteiger partial charge in [0.15, 0.2) is 0 Å². The van der Waals surface area contributed by atoms with Crippen LogP contribution in [0.2, 0.25) is 0 Å². The second-order valence-corrected chi connectivity index (χ2v) is 6.37. The van der Waals surface area contributed by atoms with Gasteiger partial charge in [0.25, 0.3) is 0 Å². The van der Waals surface area contributed by atoms with Gasteiger partial charge in [-0.05, 0) is 43.5 Å². The van der Waals surface area contributed by atoms with Crippen molar-refractivity contribution < 1.29 is 14.6 Å². The van der Waals surface area contributed by atoms with E-state index in [1.807, 2.05) is 37.3 Å². The highest BCUT2D eigenvalue weighted by atomic mass is 16.5. The fraction of sp³-hybridized carbons (Fsp3) is 0.333. The number of nitrogens with two attached hydrogens (primary N) is 1. The molecule has 1 aromatic carbocycles. The van der Waals surface area contributed by atoms with Crippen molar-refractivity contribution in [3.8, 4) is 16.9 Å². The first kappa shape index (κ1) is 16.1. The molecule has 0 saturated heterocycles. The Balaban J connectivity index is 1.70. The third-order valence-electron chi connectivity index (χ3n) is 4.40. The Morgan fingerprint density at radius 1 is 1.38 bits per heavy atom. The summed E-state index contributed by atoms with van der Waals surface area (Å²) in [5.74, 6) is 0.689. The van der Waals surface area contributed by atoms with Gasteiger partial charge in [-0.1, -0.05) is 12.1 Å². The van der Waals surface area contributed by atoms with Crippen LogP contribution in [-0.4, -0.2) is 29.3 Å².